The molecular formula is C43H31N3. The van der Waals surface area contributed by atoms with Crippen molar-refractivity contribution in [1.29, 1.82) is 0 Å². The number of aromatic nitrogens is 2. The average molecular weight is 590 g/mol. The molecule has 8 aromatic rings. The minimum Gasteiger partial charge on any atom is -0.311 e. The molecule has 8 rings (SSSR count). The number of anilines is 3. The second kappa shape index (κ2) is 12.1. The molecule has 3 heteroatoms. The smallest absolute Gasteiger partial charge is 0.0934 e. The first-order valence-corrected chi connectivity index (χ1v) is 15.6. The number of para-hydroxylation sites is 2. The Labute approximate surface area is 269 Å². The summed E-state index contributed by atoms with van der Waals surface area (Å²) in [6.45, 7) is 0. The van der Waals surface area contributed by atoms with Crippen molar-refractivity contribution < 1.29 is 0 Å². The molecule has 0 amide bonds. The summed E-state index contributed by atoms with van der Waals surface area (Å²) in [5.74, 6) is 0. The summed E-state index contributed by atoms with van der Waals surface area (Å²) in [7, 11) is 0. The van der Waals surface area contributed by atoms with Gasteiger partial charge in [-0.15, -0.1) is 0 Å². The molecular weight excluding hydrogens is 558 g/mol. The zero-order valence-electron chi connectivity index (χ0n) is 25.2. The van der Waals surface area contributed by atoms with Crippen molar-refractivity contribution in [3.05, 3.63) is 188 Å². The first kappa shape index (κ1) is 27.4. The maximum atomic E-state index is 5.14. The van der Waals surface area contributed by atoms with Gasteiger partial charge >= 0.3 is 0 Å². The van der Waals surface area contributed by atoms with E-state index in [-0.39, 0.29) is 0 Å². The van der Waals surface area contributed by atoms with Crippen LogP contribution in [0.15, 0.2) is 188 Å². The summed E-state index contributed by atoms with van der Waals surface area (Å²) in [5.41, 5.74) is 10.9. The zero-order chi connectivity index (χ0) is 30.7. The van der Waals surface area contributed by atoms with E-state index in [4.69, 9.17) is 5.10 Å². The summed E-state index contributed by atoms with van der Waals surface area (Å²) in [6.07, 6.45) is 0. The molecule has 46 heavy (non-hydrogen) atoms. The summed E-state index contributed by atoms with van der Waals surface area (Å²) < 4.78 is 2.06. The highest BCUT2D eigenvalue weighted by molar-refractivity contribution is 5.96. The molecule has 218 valence electrons. The van der Waals surface area contributed by atoms with Crippen LogP contribution < -0.4 is 4.90 Å². The molecule has 1 aromatic heterocycles. The van der Waals surface area contributed by atoms with Crippen LogP contribution in [0.5, 0.6) is 0 Å². The second-order valence-electron chi connectivity index (χ2n) is 11.3. The minimum absolute atomic E-state index is 0.938. The Hall–Kier alpha value is -6.19. The largest absolute Gasteiger partial charge is 0.311 e. The molecule has 0 atom stereocenters. The molecule has 0 aliphatic heterocycles. The van der Waals surface area contributed by atoms with Crippen LogP contribution in [0.1, 0.15) is 0 Å². The lowest BCUT2D eigenvalue weighted by molar-refractivity contribution is 0.892. The molecule has 0 spiro atoms. The van der Waals surface area contributed by atoms with Gasteiger partial charge in [0.2, 0.25) is 0 Å². The van der Waals surface area contributed by atoms with Crippen molar-refractivity contribution in [1.82, 2.24) is 9.78 Å². The average Bonchev–Trinajstić information content (AvgIpc) is 3.59. The van der Waals surface area contributed by atoms with E-state index in [0.717, 1.165) is 45.3 Å². The number of fused-ring (bicyclic) bond motifs is 1. The number of rotatable bonds is 7. The Morgan fingerprint density at radius 1 is 0.413 bits per heavy atom. The fourth-order valence-electron chi connectivity index (χ4n) is 6.18. The fourth-order valence-corrected chi connectivity index (χ4v) is 6.18. The summed E-state index contributed by atoms with van der Waals surface area (Å²) in [5, 5.41) is 7.65. The maximum Gasteiger partial charge on any atom is 0.0934 e. The van der Waals surface area contributed by atoms with Gasteiger partial charge in [-0.05, 0) is 76.5 Å². The Morgan fingerprint density at radius 3 is 1.63 bits per heavy atom. The zero-order valence-corrected chi connectivity index (χ0v) is 25.2. The first-order valence-electron chi connectivity index (χ1n) is 15.6. The summed E-state index contributed by atoms with van der Waals surface area (Å²) >= 11 is 0. The van der Waals surface area contributed by atoms with Crippen LogP contribution in [0.3, 0.4) is 0 Å². The van der Waals surface area contributed by atoms with Gasteiger partial charge in [0.25, 0.3) is 0 Å². The molecule has 0 aliphatic rings. The van der Waals surface area contributed by atoms with E-state index in [1.807, 2.05) is 18.2 Å². The number of hydrogen-bond donors (Lipinski definition) is 0. The van der Waals surface area contributed by atoms with Crippen molar-refractivity contribution in [2.24, 2.45) is 0 Å². The standard InChI is InChI=1S/C43H31N3/c1-4-14-34(15-5-1)42-31-43(35-25-23-33(24-26-35)41-22-12-16-32-13-10-11-21-40(32)41)46(44-42)39-29-27-38(28-30-39)45(36-17-6-2-7-18-36)37-19-8-3-9-20-37/h1-31H. The predicted molar refractivity (Wildman–Crippen MR) is 192 cm³/mol. The van der Waals surface area contributed by atoms with E-state index < -0.39 is 0 Å². The highest BCUT2D eigenvalue weighted by Gasteiger charge is 2.16. The lowest BCUT2D eigenvalue weighted by atomic mass is 9.97. The Kier molecular flexibility index (Phi) is 7.18. The van der Waals surface area contributed by atoms with Crippen LogP contribution in [-0.4, -0.2) is 9.78 Å². The van der Waals surface area contributed by atoms with Crippen LogP contribution in [0, 0.1) is 0 Å². The molecule has 0 saturated carbocycles. The SMILES string of the molecule is c1ccc(-c2cc(-c3ccc(-c4cccc5ccccc45)cc3)n(-c3ccc(N(c4ccccc4)c4ccccc4)cc3)n2)cc1. The Balaban J connectivity index is 1.20. The molecule has 0 radical (unpaired) electrons. The second-order valence-corrected chi connectivity index (χ2v) is 11.3. The van der Waals surface area contributed by atoms with Crippen molar-refractivity contribution in [3.63, 3.8) is 0 Å². The van der Waals surface area contributed by atoms with Gasteiger partial charge in [0.05, 0.1) is 17.1 Å². The van der Waals surface area contributed by atoms with Crippen LogP contribution in [0.25, 0.3) is 50.1 Å². The van der Waals surface area contributed by atoms with Crippen LogP contribution in [-0.2, 0) is 0 Å². The number of nitrogens with zero attached hydrogens (tertiary/aromatic N) is 3. The van der Waals surface area contributed by atoms with E-state index in [0.29, 0.717) is 0 Å². The molecule has 7 aromatic carbocycles. The van der Waals surface area contributed by atoms with E-state index in [1.165, 1.54) is 21.9 Å². The normalized spacial score (nSPS) is 11.0. The topological polar surface area (TPSA) is 21.1 Å². The van der Waals surface area contributed by atoms with Crippen molar-refractivity contribution >= 4 is 27.8 Å². The molecule has 0 saturated heterocycles. The van der Waals surface area contributed by atoms with Gasteiger partial charge in [-0.3, -0.25) is 0 Å². The third kappa shape index (κ3) is 5.25. The van der Waals surface area contributed by atoms with Crippen LogP contribution in [0.4, 0.5) is 17.1 Å². The number of hydrogen-bond acceptors (Lipinski definition) is 2. The van der Waals surface area contributed by atoms with Gasteiger partial charge < -0.3 is 4.90 Å². The van der Waals surface area contributed by atoms with E-state index >= 15 is 0 Å². The third-order valence-electron chi connectivity index (χ3n) is 8.44. The lowest BCUT2D eigenvalue weighted by Crippen LogP contribution is -2.10. The number of benzene rings is 7. The van der Waals surface area contributed by atoms with Gasteiger partial charge in [-0.1, -0.05) is 133 Å². The first-order chi connectivity index (χ1) is 22.8. The van der Waals surface area contributed by atoms with Crippen LogP contribution in [0.2, 0.25) is 0 Å². The molecule has 0 bridgehead atoms. The van der Waals surface area contributed by atoms with E-state index in [9.17, 15) is 0 Å². The lowest BCUT2D eigenvalue weighted by Gasteiger charge is -2.25. The van der Waals surface area contributed by atoms with Crippen molar-refractivity contribution in [3.8, 4) is 39.3 Å². The highest BCUT2D eigenvalue weighted by Crippen LogP contribution is 2.36. The van der Waals surface area contributed by atoms with Gasteiger partial charge in [-0.25, -0.2) is 4.68 Å². The maximum absolute atomic E-state index is 5.14. The quantitative estimate of drug-likeness (QED) is 0.184. The molecule has 0 N–H and O–H groups in total. The Morgan fingerprint density at radius 2 is 0.957 bits per heavy atom. The van der Waals surface area contributed by atoms with Gasteiger partial charge in [-0.2, -0.15) is 5.10 Å². The van der Waals surface area contributed by atoms with Gasteiger partial charge in [0, 0.05) is 28.2 Å². The summed E-state index contributed by atoms with van der Waals surface area (Å²) in [6, 6.07) is 66.1. The van der Waals surface area contributed by atoms with E-state index in [1.54, 1.807) is 0 Å². The monoisotopic (exact) mass is 589 g/mol. The predicted octanol–water partition coefficient (Wildman–Crippen LogP) is 11.5. The third-order valence-corrected chi connectivity index (χ3v) is 8.44. The fraction of sp³-hybridized carbons (Fsp3) is 0. The van der Waals surface area contributed by atoms with Crippen LogP contribution >= 0.6 is 0 Å². The molecule has 3 nitrogen and oxygen atoms in total. The summed E-state index contributed by atoms with van der Waals surface area (Å²) in [4.78, 5) is 2.27. The molecule has 0 fully saturated rings. The van der Waals surface area contributed by atoms with Gasteiger partial charge in [0.15, 0.2) is 0 Å². The highest BCUT2D eigenvalue weighted by atomic mass is 15.3. The van der Waals surface area contributed by atoms with Crippen molar-refractivity contribution in [2.75, 3.05) is 4.90 Å². The van der Waals surface area contributed by atoms with Gasteiger partial charge in [0.1, 0.15) is 0 Å². The molecule has 1 heterocycles. The molecule has 0 unspecified atom stereocenters. The molecule has 0 aliphatic carbocycles. The Bertz CT molecular complexity index is 2170. The minimum atomic E-state index is 0.938. The van der Waals surface area contributed by atoms with E-state index in [2.05, 4.69) is 179 Å². The van der Waals surface area contributed by atoms with Crippen molar-refractivity contribution in [2.45, 2.75) is 0 Å².